The third-order valence-electron chi connectivity index (χ3n) is 6.23. The lowest BCUT2D eigenvalue weighted by Crippen LogP contribution is -2.42. The highest BCUT2D eigenvalue weighted by Crippen LogP contribution is 2.40. The quantitative estimate of drug-likeness (QED) is 0.353. The van der Waals surface area contributed by atoms with E-state index in [1.54, 1.807) is 36.3 Å². The summed E-state index contributed by atoms with van der Waals surface area (Å²) < 4.78 is 16.4. The minimum Gasteiger partial charge on any atom is -0.507 e. The van der Waals surface area contributed by atoms with E-state index in [1.807, 2.05) is 38.1 Å². The molecule has 8 nitrogen and oxygen atoms in total. The first-order chi connectivity index (χ1) is 16.9. The van der Waals surface area contributed by atoms with E-state index in [2.05, 4.69) is 4.90 Å². The Hall–Kier alpha value is -3.36. The van der Waals surface area contributed by atoms with E-state index in [4.69, 9.17) is 14.2 Å². The molecule has 1 N–H and O–H groups in total. The molecule has 0 aliphatic carbocycles. The van der Waals surface area contributed by atoms with Gasteiger partial charge in [0.2, 0.25) is 0 Å². The lowest BCUT2D eigenvalue weighted by atomic mass is 9.95. The number of ether oxygens (including phenoxy) is 3. The fourth-order valence-electron chi connectivity index (χ4n) is 4.44. The highest BCUT2D eigenvalue weighted by Gasteiger charge is 2.46. The van der Waals surface area contributed by atoms with Gasteiger partial charge in [-0.1, -0.05) is 12.1 Å². The van der Waals surface area contributed by atoms with Crippen molar-refractivity contribution < 1.29 is 28.9 Å². The molecule has 0 unspecified atom stereocenters. The van der Waals surface area contributed by atoms with Crippen molar-refractivity contribution in [1.82, 2.24) is 9.80 Å². The summed E-state index contributed by atoms with van der Waals surface area (Å²) in [4.78, 5) is 30.1. The molecule has 8 heteroatoms. The van der Waals surface area contributed by atoms with Gasteiger partial charge < -0.3 is 24.2 Å². The average molecular weight is 481 g/mol. The van der Waals surface area contributed by atoms with Crippen LogP contribution in [0.2, 0.25) is 0 Å². The molecule has 1 amide bonds. The molecule has 2 saturated heterocycles. The maximum absolute atomic E-state index is 13.2. The van der Waals surface area contributed by atoms with Crippen LogP contribution in [0.5, 0.6) is 11.5 Å². The molecule has 0 spiro atoms. The Bertz CT molecular complexity index is 1070. The van der Waals surface area contributed by atoms with Crippen LogP contribution in [-0.2, 0) is 14.3 Å². The number of ketones is 1. The Morgan fingerprint density at radius 2 is 1.63 bits per heavy atom. The molecule has 0 aromatic heterocycles. The molecule has 0 bridgehead atoms. The minimum absolute atomic E-state index is 0.0232. The van der Waals surface area contributed by atoms with Crippen LogP contribution in [0.1, 0.15) is 31.0 Å². The fraction of sp³-hybridized carbons (Fsp3) is 0.407. The molecule has 4 rings (SSSR count). The predicted molar refractivity (Wildman–Crippen MR) is 131 cm³/mol. The van der Waals surface area contributed by atoms with Crippen molar-refractivity contribution in [3.63, 3.8) is 0 Å². The van der Waals surface area contributed by atoms with Crippen LogP contribution in [0.4, 0.5) is 0 Å². The topological polar surface area (TPSA) is 88.5 Å². The fourth-order valence-corrected chi connectivity index (χ4v) is 4.44. The summed E-state index contributed by atoms with van der Waals surface area (Å²) in [5.41, 5.74) is 1.26. The number of Topliss-reactive ketones (excluding diaryl/α,β-unsaturated/α-hetero) is 1. The predicted octanol–water partition coefficient (Wildman–Crippen LogP) is 3.24. The van der Waals surface area contributed by atoms with E-state index in [1.165, 1.54) is 0 Å². The van der Waals surface area contributed by atoms with Gasteiger partial charge in [-0.25, -0.2) is 0 Å². The van der Waals surface area contributed by atoms with Crippen molar-refractivity contribution in [2.75, 3.05) is 46.5 Å². The molecule has 1 atom stereocenters. The van der Waals surface area contributed by atoms with Crippen molar-refractivity contribution in [1.29, 1.82) is 0 Å². The minimum atomic E-state index is -0.703. The van der Waals surface area contributed by atoms with Crippen LogP contribution in [0.15, 0.2) is 54.1 Å². The number of nitrogens with zero attached hydrogens (tertiary/aromatic N) is 2. The lowest BCUT2D eigenvalue weighted by Gasteiger charge is -2.31. The maximum atomic E-state index is 13.2. The summed E-state index contributed by atoms with van der Waals surface area (Å²) in [5, 5.41) is 11.2. The number of rotatable bonds is 8. The molecule has 2 aliphatic rings. The van der Waals surface area contributed by atoms with Gasteiger partial charge in [0.05, 0.1) is 38.0 Å². The summed E-state index contributed by atoms with van der Waals surface area (Å²) in [5.74, 6) is -0.171. The number of carbonyl (C=O) groups is 2. The highest BCUT2D eigenvalue weighted by atomic mass is 16.5. The first-order valence-electron chi connectivity index (χ1n) is 11.9. The molecular weight excluding hydrogens is 448 g/mol. The number of morpholine rings is 1. The van der Waals surface area contributed by atoms with E-state index in [0.29, 0.717) is 43.4 Å². The number of methoxy groups -OCH3 is 1. The molecule has 186 valence electrons. The van der Waals surface area contributed by atoms with Gasteiger partial charge in [0.15, 0.2) is 0 Å². The molecule has 2 aromatic rings. The van der Waals surface area contributed by atoms with Gasteiger partial charge in [0.1, 0.15) is 17.3 Å². The summed E-state index contributed by atoms with van der Waals surface area (Å²) in [6, 6.07) is 13.4. The first kappa shape index (κ1) is 24.8. The van der Waals surface area contributed by atoms with Crippen LogP contribution in [0.3, 0.4) is 0 Å². The third-order valence-corrected chi connectivity index (χ3v) is 6.23. The van der Waals surface area contributed by atoms with Crippen molar-refractivity contribution in [2.45, 2.75) is 26.0 Å². The number of carbonyl (C=O) groups excluding carboxylic acids is 2. The normalized spacial score (nSPS) is 20.5. The molecule has 0 radical (unpaired) electrons. The highest BCUT2D eigenvalue weighted by molar-refractivity contribution is 6.46. The number of hydrogen-bond donors (Lipinski definition) is 1. The lowest BCUT2D eigenvalue weighted by molar-refractivity contribution is -0.140. The zero-order valence-corrected chi connectivity index (χ0v) is 20.4. The summed E-state index contributed by atoms with van der Waals surface area (Å²) >= 11 is 0. The van der Waals surface area contributed by atoms with E-state index in [-0.39, 0.29) is 17.4 Å². The number of benzene rings is 2. The van der Waals surface area contributed by atoms with Gasteiger partial charge >= 0.3 is 0 Å². The number of likely N-dealkylation sites (tertiary alicyclic amines) is 1. The molecule has 2 aromatic carbocycles. The van der Waals surface area contributed by atoms with Crippen LogP contribution < -0.4 is 9.47 Å². The molecule has 2 heterocycles. The number of aliphatic hydroxyl groups excluding tert-OH is 1. The molecular formula is C27H32N2O6. The van der Waals surface area contributed by atoms with Crippen LogP contribution in [-0.4, -0.2) is 79.2 Å². The molecule has 2 fully saturated rings. The SMILES string of the molecule is COc1ccc(/C(O)=C2\C(=O)C(=O)N(CCN3CCOCC3)[C@H]2c2ccc(OC(C)C)cc2)cc1. The number of aliphatic hydroxyl groups is 1. The van der Waals surface area contributed by atoms with Crippen molar-refractivity contribution in [3.05, 3.63) is 65.2 Å². The van der Waals surface area contributed by atoms with Crippen LogP contribution in [0.25, 0.3) is 5.76 Å². The van der Waals surface area contributed by atoms with Crippen molar-refractivity contribution >= 4 is 17.4 Å². The van der Waals surface area contributed by atoms with Gasteiger partial charge in [0, 0.05) is 31.7 Å². The maximum Gasteiger partial charge on any atom is 0.295 e. The van der Waals surface area contributed by atoms with Gasteiger partial charge in [-0.15, -0.1) is 0 Å². The molecule has 2 aliphatic heterocycles. The van der Waals surface area contributed by atoms with Crippen molar-refractivity contribution in [3.8, 4) is 11.5 Å². The van der Waals surface area contributed by atoms with Gasteiger partial charge in [-0.05, 0) is 55.8 Å². The number of amides is 1. The number of hydrogen-bond acceptors (Lipinski definition) is 7. The van der Waals surface area contributed by atoms with E-state index in [0.717, 1.165) is 18.7 Å². The zero-order chi connectivity index (χ0) is 24.9. The summed E-state index contributed by atoms with van der Waals surface area (Å²) in [6.07, 6.45) is 0.0232. The Kier molecular flexibility index (Phi) is 7.73. The summed E-state index contributed by atoms with van der Waals surface area (Å²) in [7, 11) is 1.56. The Morgan fingerprint density at radius 1 is 1.00 bits per heavy atom. The average Bonchev–Trinajstić information content (AvgIpc) is 3.12. The van der Waals surface area contributed by atoms with Gasteiger partial charge in [0.25, 0.3) is 11.7 Å². The van der Waals surface area contributed by atoms with E-state index >= 15 is 0 Å². The second-order valence-corrected chi connectivity index (χ2v) is 8.91. The smallest absolute Gasteiger partial charge is 0.295 e. The van der Waals surface area contributed by atoms with Crippen LogP contribution >= 0.6 is 0 Å². The van der Waals surface area contributed by atoms with Crippen LogP contribution in [0, 0.1) is 0 Å². The largest absolute Gasteiger partial charge is 0.507 e. The summed E-state index contributed by atoms with van der Waals surface area (Å²) in [6.45, 7) is 7.73. The second-order valence-electron chi connectivity index (χ2n) is 8.91. The monoisotopic (exact) mass is 480 g/mol. The zero-order valence-electron chi connectivity index (χ0n) is 20.4. The molecule has 35 heavy (non-hydrogen) atoms. The van der Waals surface area contributed by atoms with E-state index in [9.17, 15) is 14.7 Å². The van der Waals surface area contributed by atoms with Gasteiger partial charge in [-0.2, -0.15) is 0 Å². The first-order valence-corrected chi connectivity index (χ1v) is 11.9. The second kappa shape index (κ2) is 10.9. The van der Waals surface area contributed by atoms with E-state index < -0.39 is 17.7 Å². The standard InChI is InChI=1S/C27H32N2O6/c1-18(2)35-22-10-4-19(5-11-22)24-23(25(30)20-6-8-21(33-3)9-7-20)26(31)27(32)29(24)13-12-28-14-16-34-17-15-28/h4-11,18,24,30H,12-17H2,1-3H3/b25-23+/t24-/m0/s1. The third kappa shape index (κ3) is 5.49. The Labute approximate surface area is 205 Å². The van der Waals surface area contributed by atoms with Gasteiger partial charge in [-0.3, -0.25) is 14.5 Å². The Morgan fingerprint density at radius 3 is 2.23 bits per heavy atom. The molecule has 0 saturated carbocycles. The Balaban J connectivity index is 1.71. The van der Waals surface area contributed by atoms with Crippen molar-refractivity contribution in [2.24, 2.45) is 0 Å².